The molecule has 0 aliphatic heterocycles. The smallest absolute Gasteiger partial charge is 0.0451 e. The van der Waals surface area contributed by atoms with E-state index in [2.05, 4.69) is 16.0 Å². The molecule has 23 heavy (non-hydrogen) atoms. The van der Waals surface area contributed by atoms with Crippen LogP contribution in [-0.4, -0.2) is 9.97 Å². The summed E-state index contributed by atoms with van der Waals surface area (Å²) in [6.07, 6.45) is 10.2. The molecule has 0 amide bonds. The van der Waals surface area contributed by atoms with E-state index in [0.29, 0.717) is 0 Å². The van der Waals surface area contributed by atoms with Crippen LogP contribution in [0.3, 0.4) is 0 Å². The molecule has 2 aliphatic carbocycles. The SMILES string of the molecule is N[C@H]1CCCc2ncccc21.[Ac].[NH-][C@@H]1CCCc2ncccc21. The standard InChI is InChI=1S/C9H12N2.C9H11N2.Ac/c2*10-8-4-1-5-9-7(8)3-2-6-11-9;/h2-3,6,8H,1,4-5,10H2;2-3,6,8,10H,1,4-5H2;/q;-1;/t2*8-;/m01./s1. The molecule has 2 aliphatic rings. The molecule has 4 nitrogen and oxygen atoms in total. The topological polar surface area (TPSA) is 75.6 Å². The number of nitrogens with one attached hydrogen (secondary N) is 1. The predicted octanol–water partition coefficient (Wildman–Crippen LogP) is 3.93. The average molecular weight is 522 g/mol. The Morgan fingerprint density at radius 1 is 0.913 bits per heavy atom. The zero-order chi connectivity index (χ0) is 15.4. The summed E-state index contributed by atoms with van der Waals surface area (Å²) >= 11 is 0. The van der Waals surface area contributed by atoms with Crippen molar-refractivity contribution in [1.82, 2.24) is 9.97 Å². The number of hydrogen-bond donors (Lipinski definition) is 1. The molecule has 2 aromatic heterocycles. The third-order valence-corrected chi connectivity index (χ3v) is 4.46. The van der Waals surface area contributed by atoms with Gasteiger partial charge in [-0.05, 0) is 55.4 Å². The van der Waals surface area contributed by atoms with E-state index in [1.165, 1.54) is 17.7 Å². The van der Waals surface area contributed by atoms with Crippen molar-refractivity contribution in [3.8, 4) is 0 Å². The molecule has 2 atom stereocenters. The minimum atomic E-state index is -0.0209. The molecule has 2 aromatic rings. The van der Waals surface area contributed by atoms with Gasteiger partial charge in [0.15, 0.2) is 0 Å². The van der Waals surface area contributed by atoms with Crippen LogP contribution < -0.4 is 5.73 Å². The molecule has 0 unspecified atom stereocenters. The molecule has 0 aromatic carbocycles. The summed E-state index contributed by atoms with van der Waals surface area (Å²) in [6, 6.07) is 8.21. The first-order valence-electron chi connectivity index (χ1n) is 8.10. The van der Waals surface area contributed by atoms with E-state index < -0.39 is 0 Å². The van der Waals surface area contributed by atoms with Gasteiger partial charge in [-0.2, -0.15) is 0 Å². The van der Waals surface area contributed by atoms with Gasteiger partial charge in [0.2, 0.25) is 0 Å². The maximum absolute atomic E-state index is 7.71. The quantitative estimate of drug-likeness (QED) is 0.570. The van der Waals surface area contributed by atoms with E-state index in [-0.39, 0.29) is 56.1 Å². The van der Waals surface area contributed by atoms with Crippen LogP contribution in [0.4, 0.5) is 0 Å². The van der Waals surface area contributed by atoms with Gasteiger partial charge < -0.3 is 11.5 Å². The van der Waals surface area contributed by atoms with E-state index in [1.807, 2.05) is 30.6 Å². The molecule has 0 saturated carbocycles. The summed E-state index contributed by atoms with van der Waals surface area (Å²) in [4.78, 5) is 8.54. The van der Waals surface area contributed by atoms with Gasteiger partial charge in [-0.3, -0.25) is 9.97 Å². The molecule has 119 valence electrons. The second-order valence-electron chi connectivity index (χ2n) is 6.02. The van der Waals surface area contributed by atoms with Crippen molar-refractivity contribution in [1.29, 1.82) is 0 Å². The fourth-order valence-electron chi connectivity index (χ4n) is 3.25. The number of rotatable bonds is 0. The fourth-order valence-corrected chi connectivity index (χ4v) is 3.25. The van der Waals surface area contributed by atoms with Crippen molar-refractivity contribution in [2.75, 3.05) is 0 Å². The van der Waals surface area contributed by atoms with Gasteiger partial charge in [0, 0.05) is 73.9 Å². The van der Waals surface area contributed by atoms with Crippen LogP contribution in [-0.2, 0) is 12.8 Å². The molecular weight excluding hydrogens is 499 g/mol. The van der Waals surface area contributed by atoms with Crippen LogP contribution in [0.15, 0.2) is 36.7 Å². The number of nitrogens with zero attached hydrogens (tertiary/aromatic N) is 2. The molecule has 5 heteroatoms. The van der Waals surface area contributed by atoms with Crippen molar-refractivity contribution >= 4 is 0 Å². The van der Waals surface area contributed by atoms with Gasteiger partial charge in [-0.15, -0.1) is 6.04 Å². The summed E-state index contributed by atoms with van der Waals surface area (Å²) in [5.41, 5.74) is 18.3. The van der Waals surface area contributed by atoms with Gasteiger partial charge >= 0.3 is 0 Å². The first-order chi connectivity index (χ1) is 10.8. The first-order valence-corrected chi connectivity index (χ1v) is 8.10. The average Bonchev–Trinajstić information content (AvgIpc) is 2.57. The Morgan fingerprint density at radius 3 is 2.09 bits per heavy atom. The molecule has 1 radical (unpaired) electrons. The zero-order valence-corrected chi connectivity index (χ0v) is 18.2. The minimum absolute atomic E-state index is 0. The van der Waals surface area contributed by atoms with Crippen molar-refractivity contribution in [3.05, 3.63) is 64.9 Å². The zero-order valence-electron chi connectivity index (χ0n) is 13.4. The van der Waals surface area contributed by atoms with Crippen LogP contribution in [0.1, 0.15) is 60.3 Å². The van der Waals surface area contributed by atoms with E-state index in [9.17, 15) is 0 Å². The monoisotopic (exact) mass is 522 g/mol. The molecule has 2 heterocycles. The van der Waals surface area contributed by atoms with Crippen molar-refractivity contribution in [2.24, 2.45) is 5.73 Å². The van der Waals surface area contributed by atoms with Gasteiger partial charge in [-0.1, -0.05) is 18.6 Å². The second kappa shape index (κ2) is 9.22. The Kier molecular flexibility index (Phi) is 7.62. The van der Waals surface area contributed by atoms with Gasteiger partial charge in [-0.25, -0.2) is 0 Å². The van der Waals surface area contributed by atoms with Crippen LogP contribution in [0.25, 0.3) is 5.73 Å². The number of fused-ring (bicyclic) bond motifs is 2. The summed E-state index contributed by atoms with van der Waals surface area (Å²) < 4.78 is 0. The maximum Gasteiger partial charge on any atom is 0.0451 e. The normalized spacial score (nSPS) is 21.8. The van der Waals surface area contributed by atoms with E-state index in [1.54, 1.807) is 0 Å². The molecule has 0 saturated heterocycles. The van der Waals surface area contributed by atoms with Gasteiger partial charge in [0.1, 0.15) is 0 Å². The number of hydrogen-bond acceptors (Lipinski definition) is 3. The first kappa shape index (κ1) is 19.0. The Morgan fingerprint density at radius 2 is 1.48 bits per heavy atom. The van der Waals surface area contributed by atoms with Crippen molar-refractivity contribution < 1.29 is 44.1 Å². The van der Waals surface area contributed by atoms with Crippen LogP contribution in [0, 0.1) is 44.1 Å². The van der Waals surface area contributed by atoms with Crippen LogP contribution in [0.5, 0.6) is 0 Å². The summed E-state index contributed by atoms with van der Waals surface area (Å²) in [6.45, 7) is 0. The Labute approximate surface area is 174 Å². The number of aryl methyl sites for hydroxylation is 2. The summed E-state index contributed by atoms with van der Waals surface area (Å²) in [5, 5.41) is 0. The Hall–Kier alpha value is -0.338. The third kappa shape index (κ3) is 4.82. The summed E-state index contributed by atoms with van der Waals surface area (Å²) in [7, 11) is 0. The number of nitrogens with two attached hydrogens (primary N) is 1. The molecule has 0 fully saturated rings. The number of aromatic nitrogens is 2. The Bertz CT molecular complexity index is 576. The van der Waals surface area contributed by atoms with E-state index in [0.717, 1.165) is 43.4 Å². The van der Waals surface area contributed by atoms with E-state index in [4.69, 9.17) is 11.5 Å². The van der Waals surface area contributed by atoms with E-state index >= 15 is 0 Å². The second-order valence-corrected chi connectivity index (χ2v) is 6.02. The van der Waals surface area contributed by atoms with Crippen LogP contribution >= 0.6 is 0 Å². The Balaban J connectivity index is 0.000000160. The molecular formula is C18H23AcN4-. The molecule has 4 rings (SSSR count). The largest absolute Gasteiger partial charge is 0.671 e. The maximum atomic E-state index is 7.71. The predicted molar refractivity (Wildman–Crippen MR) is 88.3 cm³/mol. The molecule has 0 spiro atoms. The third-order valence-electron chi connectivity index (χ3n) is 4.46. The van der Waals surface area contributed by atoms with Gasteiger partial charge in [0.05, 0.1) is 0 Å². The minimum Gasteiger partial charge on any atom is -0.671 e. The fraction of sp³-hybridized carbons (Fsp3) is 0.444. The van der Waals surface area contributed by atoms with Crippen molar-refractivity contribution in [2.45, 2.75) is 50.6 Å². The molecule has 0 bridgehead atoms. The van der Waals surface area contributed by atoms with Gasteiger partial charge in [0.25, 0.3) is 0 Å². The number of pyridine rings is 2. The van der Waals surface area contributed by atoms with Crippen LogP contribution in [0.2, 0.25) is 0 Å². The molecule has 3 N–H and O–H groups in total. The summed E-state index contributed by atoms with van der Waals surface area (Å²) in [5.74, 6) is 0. The van der Waals surface area contributed by atoms with Crippen molar-refractivity contribution in [3.63, 3.8) is 0 Å².